The summed E-state index contributed by atoms with van der Waals surface area (Å²) in [6, 6.07) is 13.6. The zero-order chi connectivity index (χ0) is 16.4. The molecule has 0 spiro atoms. The van der Waals surface area contributed by atoms with Gasteiger partial charge in [0.15, 0.2) is 6.33 Å². The van der Waals surface area contributed by atoms with Crippen LogP contribution >= 0.6 is 0 Å². The van der Waals surface area contributed by atoms with Crippen LogP contribution in [0.1, 0.15) is 36.9 Å². The summed E-state index contributed by atoms with van der Waals surface area (Å²) in [5.74, 6) is 0.486. The number of rotatable bonds is 4. The third kappa shape index (κ3) is 2.91. The molecule has 124 valence electrons. The predicted octanol–water partition coefficient (Wildman–Crippen LogP) is 2.98. The first-order valence-corrected chi connectivity index (χ1v) is 8.81. The van der Waals surface area contributed by atoms with Gasteiger partial charge in [0.1, 0.15) is 6.04 Å². The molecule has 2 atom stereocenters. The van der Waals surface area contributed by atoms with Gasteiger partial charge in [-0.25, -0.2) is 0 Å². The molecule has 1 fully saturated rings. The van der Waals surface area contributed by atoms with Crippen LogP contribution < -0.4 is 5.32 Å². The number of aryl methyl sites for hydroxylation is 1. The van der Waals surface area contributed by atoms with E-state index in [1.54, 1.807) is 4.80 Å². The van der Waals surface area contributed by atoms with Crippen molar-refractivity contribution < 1.29 is 0 Å². The van der Waals surface area contributed by atoms with Crippen LogP contribution in [-0.2, 0) is 6.42 Å². The molecule has 2 heterocycles. The second-order valence-electron chi connectivity index (χ2n) is 6.60. The zero-order valence-electron chi connectivity index (χ0n) is 14.0. The maximum absolute atomic E-state index is 4.34. The summed E-state index contributed by atoms with van der Waals surface area (Å²) in [5, 5.41) is 18.6. The number of hydrogen-bond acceptors (Lipinski definition) is 4. The minimum absolute atomic E-state index is 0.135. The van der Waals surface area contributed by atoms with Gasteiger partial charge in [-0.1, -0.05) is 37.3 Å². The molecule has 24 heavy (non-hydrogen) atoms. The van der Waals surface area contributed by atoms with E-state index in [2.05, 4.69) is 64.0 Å². The molecule has 0 amide bonds. The Hall–Kier alpha value is -2.27. The van der Waals surface area contributed by atoms with Crippen molar-refractivity contribution in [1.29, 1.82) is 0 Å². The molecule has 5 nitrogen and oxygen atoms in total. The number of nitrogens with zero attached hydrogens (tertiary/aromatic N) is 4. The standard InChI is InChI=1S/C19H23N5/c1-2-14-5-6-16-11-17(8-7-15(16)10-14)19(24-22-13-21-23-24)18-4-3-9-20-12-18/h5-8,10-11,13,18-20H,2-4,9,12H2,1H3/t18?,19-/m0/s1. The summed E-state index contributed by atoms with van der Waals surface area (Å²) in [7, 11) is 0. The summed E-state index contributed by atoms with van der Waals surface area (Å²) in [4.78, 5) is 1.78. The predicted molar refractivity (Wildman–Crippen MR) is 94.9 cm³/mol. The van der Waals surface area contributed by atoms with Crippen LogP contribution in [0.4, 0.5) is 0 Å². The Morgan fingerprint density at radius 2 is 2.08 bits per heavy atom. The Morgan fingerprint density at radius 1 is 1.21 bits per heavy atom. The van der Waals surface area contributed by atoms with Crippen LogP contribution in [-0.4, -0.2) is 33.3 Å². The number of piperidine rings is 1. The molecule has 0 bridgehead atoms. The average Bonchev–Trinajstić information content (AvgIpc) is 3.16. The van der Waals surface area contributed by atoms with Crippen molar-refractivity contribution in [3.63, 3.8) is 0 Å². The highest BCUT2D eigenvalue weighted by Gasteiger charge is 2.28. The van der Waals surface area contributed by atoms with Crippen LogP contribution in [0.3, 0.4) is 0 Å². The molecular weight excluding hydrogens is 298 g/mol. The lowest BCUT2D eigenvalue weighted by Gasteiger charge is -2.30. The number of tetrazole rings is 1. The Labute approximate surface area is 142 Å². The van der Waals surface area contributed by atoms with Gasteiger partial charge in [0.25, 0.3) is 0 Å². The zero-order valence-corrected chi connectivity index (χ0v) is 14.0. The van der Waals surface area contributed by atoms with E-state index in [0.29, 0.717) is 5.92 Å². The second kappa shape index (κ2) is 6.69. The van der Waals surface area contributed by atoms with Crippen molar-refractivity contribution in [3.8, 4) is 0 Å². The van der Waals surface area contributed by atoms with E-state index in [1.807, 2.05) is 0 Å². The lowest BCUT2D eigenvalue weighted by atomic mass is 9.86. The van der Waals surface area contributed by atoms with Crippen molar-refractivity contribution in [2.24, 2.45) is 5.92 Å². The molecular formula is C19H23N5. The minimum Gasteiger partial charge on any atom is -0.316 e. The summed E-state index contributed by atoms with van der Waals surface area (Å²) < 4.78 is 0. The van der Waals surface area contributed by atoms with Crippen LogP contribution in [0, 0.1) is 5.92 Å². The first kappa shape index (κ1) is 15.3. The van der Waals surface area contributed by atoms with Gasteiger partial charge < -0.3 is 5.32 Å². The smallest absolute Gasteiger partial charge is 0.162 e. The largest absolute Gasteiger partial charge is 0.316 e. The number of hydrogen-bond donors (Lipinski definition) is 1. The summed E-state index contributed by atoms with van der Waals surface area (Å²) >= 11 is 0. The van der Waals surface area contributed by atoms with Crippen molar-refractivity contribution in [1.82, 2.24) is 25.5 Å². The minimum atomic E-state index is 0.135. The lowest BCUT2D eigenvalue weighted by Crippen LogP contribution is -2.36. The van der Waals surface area contributed by atoms with E-state index in [1.165, 1.54) is 41.1 Å². The van der Waals surface area contributed by atoms with Crippen molar-refractivity contribution >= 4 is 10.8 Å². The lowest BCUT2D eigenvalue weighted by molar-refractivity contribution is 0.261. The molecule has 1 aliphatic heterocycles. The summed E-state index contributed by atoms with van der Waals surface area (Å²) in [5.41, 5.74) is 2.64. The van der Waals surface area contributed by atoms with E-state index in [4.69, 9.17) is 0 Å². The third-order valence-corrected chi connectivity index (χ3v) is 5.07. The maximum Gasteiger partial charge on any atom is 0.162 e. The average molecular weight is 321 g/mol. The fraction of sp³-hybridized carbons (Fsp3) is 0.421. The molecule has 0 saturated carbocycles. The first-order valence-electron chi connectivity index (χ1n) is 8.81. The molecule has 0 aliphatic carbocycles. The van der Waals surface area contributed by atoms with Crippen molar-refractivity contribution in [2.75, 3.05) is 13.1 Å². The van der Waals surface area contributed by atoms with Crippen molar-refractivity contribution in [2.45, 2.75) is 32.2 Å². The molecule has 1 saturated heterocycles. The van der Waals surface area contributed by atoms with Crippen LogP contribution in [0.2, 0.25) is 0 Å². The quantitative estimate of drug-likeness (QED) is 0.802. The Kier molecular flexibility index (Phi) is 4.26. The SMILES string of the molecule is CCc1ccc2cc([C@@H](C3CCCNC3)n3ncnn3)ccc2c1. The molecule has 3 aromatic rings. The molecule has 1 aromatic heterocycles. The number of benzene rings is 2. The van der Waals surface area contributed by atoms with E-state index in [-0.39, 0.29) is 6.04 Å². The van der Waals surface area contributed by atoms with Gasteiger partial charge in [-0.15, -0.1) is 10.2 Å². The van der Waals surface area contributed by atoms with Gasteiger partial charge in [0.05, 0.1) is 0 Å². The van der Waals surface area contributed by atoms with Crippen LogP contribution in [0.15, 0.2) is 42.7 Å². The van der Waals surface area contributed by atoms with E-state index in [0.717, 1.165) is 19.5 Å². The highest BCUT2D eigenvalue weighted by atomic mass is 15.6. The number of nitrogens with one attached hydrogen (secondary N) is 1. The summed E-state index contributed by atoms with van der Waals surface area (Å²) in [6.07, 6.45) is 4.98. The first-order chi connectivity index (χ1) is 11.8. The van der Waals surface area contributed by atoms with Crippen LogP contribution in [0.5, 0.6) is 0 Å². The van der Waals surface area contributed by atoms with Gasteiger partial charge >= 0.3 is 0 Å². The molecule has 0 radical (unpaired) electrons. The molecule has 1 N–H and O–H groups in total. The molecule has 5 heteroatoms. The Bertz CT molecular complexity index is 806. The van der Waals surface area contributed by atoms with Gasteiger partial charge in [0.2, 0.25) is 0 Å². The molecule has 1 aliphatic rings. The Balaban J connectivity index is 1.75. The third-order valence-electron chi connectivity index (χ3n) is 5.07. The fourth-order valence-electron chi connectivity index (χ4n) is 3.76. The Morgan fingerprint density at radius 3 is 2.83 bits per heavy atom. The van der Waals surface area contributed by atoms with Crippen LogP contribution in [0.25, 0.3) is 10.8 Å². The highest BCUT2D eigenvalue weighted by Crippen LogP contribution is 2.32. The van der Waals surface area contributed by atoms with Gasteiger partial charge in [0, 0.05) is 6.54 Å². The second-order valence-corrected chi connectivity index (χ2v) is 6.60. The monoisotopic (exact) mass is 321 g/mol. The van der Waals surface area contributed by atoms with E-state index in [9.17, 15) is 0 Å². The molecule has 2 aromatic carbocycles. The molecule has 1 unspecified atom stereocenters. The van der Waals surface area contributed by atoms with E-state index < -0.39 is 0 Å². The van der Waals surface area contributed by atoms with Gasteiger partial charge in [-0.3, -0.25) is 0 Å². The number of fused-ring (bicyclic) bond motifs is 1. The number of aromatic nitrogens is 4. The normalized spacial score (nSPS) is 19.5. The highest BCUT2D eigenvalue weighted by molar-refractivity contribution is 5.84. The topological polar surface area (TPSA) is 55.6 Å². The maximum atomic E-state index is 4.34. The summed E-state index contributed by atoms with van der Waals surface area (Å²) in [6.45, 7) is 4.29. The van der Waals surface area contributed by atoms with Gasteiger partial charge in [-0.05, 0) is 64.9 Å². The van der Waals surface area contributed by atoms with Gasteiger partial charge in [-0.2, -0.15) is 4.80 Å². The van der Waals surface area contributed by atoms with E-state index >= 15 is 0 Å². The molecule has 4 rings (SSSR count). The van der Waals surface area contributed by atoms with Crippen molar-refractivity contribution in [3.05, 3.63) is 53.9 Å². The fourth-order valence-corrected chi connectivity index (χ4v) is 3.76.